The molecular weight excluding hydrogens is 226 g/mol. The number of morpholine rings is 1. The largest absolute Gasteiger partial charge is 0.465 e. The van der Waals surface area contributed by atoms with Gasteiger partial charge in [-0.25, -0.2) is 13.6 Å². The number of halogens is 2. The number of amides is 2. The Labute approximate surface area is 89.2 Å². The summed E-state index contributed by atoms with van der Waals surface area (Å²) < 4.78 is 31.7. The molecule has 0 aromatic carbocycles. The molecule has 2 amide bonds. The van der Waals surface area contributed by atoms with E-state index in [0.29, 0.717) is 4.90 Å². The number of carbonyl (C=O) groups is 2. The maximum atomic E-state index is 13.5. The van der Waals surface area contributed by atoms with Gasteiger partial charge in [0.1, 0.15) is 12.7 Å². The Morgan fingerprint density at radius 2 is 2.31 bits per heavy atom. The van der Waals surface area contributed by atoms with Crippen molar-refractivity contribution in [1.29, 1.82) is 0 Å². The smallest absolute Gasteiger partial charge is 0.407 e. The molecule has 6 nitrogen and oxygen atoms in total. The maximum absolute atomic E-state index is 13.5. The molecule has 0 spiro atoms. The van der Waals surface area contributed by atoms with Crippen LogP contribution in [-0.4, -0.2) is 59.8 Å². The number of hydrogen-bond acceptors (Lipinski definition) is 3. The van der Waals surface area contributed by atoms with Crippen LogP contribution in [0.25, 0.3) is 0 Å². The van der Waals surface area contributed by atoms with E-state index in [9.17, 15) is 18.4 Å². The molecule has 0 aliphatic carbocycles. The molecular formula is C8H10F2N2O4. The van der Waals surface area contributed by atoms with Gasteiger partial charge in [0, 0.05) is 6.54 Å². The molecule has 2 aliphatic heterocycles. The van der Waals surface area contributed by atoms with Crippen LogP contribution >= 0.6 is 0 Å². The van der Waals surface area contributed by atoms with E-state index in [-0.39, 0.29) is 6.54 Å². The maximum Gasteiger partial charge on any atom is 0.407 e. The molecule has 2 fully saturated rings. The van der Waals surface area contributed by atoms with Gasteiger partial charge in [0.05, 0.1) is 12.6 Å². The van der Waals surface area contributed by atoms with Crippen LogP contribution in [0.15, 0.2) is 0 Å². The molecule has 0 aromatic heterocycles. The van der Waals surface area contributed by atoms with Crippen LogP contribution in [0.1, 0.15) is 0 Å². The number of nitrogens with one attached hydrogen (secondary N) is 1. The fourth-order valence-electron chi connectivity index (χ4n) is 1.96. The van der Waals surface area contributed by atoms with Crippen molar-refractivity contribution in [2.45, 2.75) is 18.1 Å². The van der Waals surface area contributed by atoms with E-state index in [1.165, 1.54) is 0 Å². The van der Waals surface area contributed by atoms with Crippen LogP contribution in [0.2, 0.25) is 0 Å². The Morgan fingerprint density at radius 3 is 2.94 bits per heavy atom. The van der Waals surface area contributed by atoms with E-state index in [0.717, 1.165) is 0 Å². The zero-order valence-electron chi connectivity index (χ0n) is 8.15. The second kappa shape index (κ2) is 3.55. The molecule has 2 rings (SSSR count). The average Bonchev–Trinajstić information content (AvgIpc) is 2.15. The number of alkyl halides is 2. The molecule has 0 bridgehead atoms. The Kier molecular flexibility index (Phi) is 2.45. The minimum absolute atomic E-state index is 0.179. The molecule has 2 atom stereocenters. The molecule has 90 valence electrons. The van der Waals surface area contributed by atoms with Crippen molar-refractivity contribution in [1.82, 2.24) is 10.2 Å². The standard InChI is InChI=1S/C8H10F2N2O4/c9-8(10)3-12(7(14)15)1-4-6(8)16-2-5(13)11-4/h4,6H,1-3H2,(H,11,13)(H,14,15)/t4-,6-/m0/s1. The summed E-state index contributed by atoms with van der Waals surface area (Å²) in [6, 6.07) is -0.985. The number of carboxylic acid groups (broad SMARTS) is 1. The molecule has 0 unspecified atom stereocenters. The van der Waals surface area contributed by atoms with E-state index in [1.54, 1.807) is 0 Å². The summed E-state index contributed by atoms with van der Waals surface area (Å²) in [5, 5.41) is 11.0. The van der Waals surface area contributed by atoms with Crippen molar-refractivity contribution in [3.05, 3.63) is 0 Å². The van der Waals surface area contributed by atoms with Gasteiger partial charge in [-0.15, -0.1) is 0 Å². The van der Waals surface area contributed by atoms with Crippen LogP contribution in [0, 0.1) is 0 Å². The number of likely N-dealkylation sites (tertiary alicyclic amines) is 1. The normalized spacial score (nSPS) is 32.9. The lowest BCUT2D eigenvalue weighted by Crippen LogP contribution is -2.68. The molecule has 16 heavy (non-hydrogen) atoms. The Hall–Kier alpha value is -1.44. The van der Waals surface area contributed by atoms with E-state index in [1.807, 2.05) is 0 Å². The zero-order valence-corrected chi connectivity index (χ0v) is 8.15. The molecule has 8 heteroatoms. The lowest BCUT2D eigenvalue weighted by Gasteiger charge is -2.44. The summed E-state index contributed by atoms with van der Waals surface area (Å²) in [6.07, 6.45) is -2.88. The van der Waals surface area contributed by atoms with Crippen LogP contribution in [0.3, 0.4) is 0 Å². The van der Waals surface area contributed by atoms with Gasteiger partial charge < -0.3 is 20.1 Å². The summed E-state index contributed by atoms with van der Waals surface area (Å²) in [6.45, 7) is -1.50. The molecule has 0 saturated carbocycles. The average molecular weight is 236 g/mol. The van der Waals surface area contributed by atoms with Gasteiger partial charge in [0.2, 0.25) is 5.91 Å². The van der Waals surface area contributed by atoms with Gasteiger partial charge in [0.25, 0.3) is 5.92 Å². The predicted molar refractivity (Wildman–Crippen MR) is 46.2 cm³/mol. The Morgan fingerprint density at radius 1 is 1.62 bits per heavy atom. The number of carbonyl (C=O) groups excluding carboxylic acids is 1. The van der Waals surface area contributed by atoms with Crippen molar-refractivity contribution >= 4 is 12.0 Å². The monoisotopic (exact) mass is 236 g/mol. The van der Waals surface area contributed by atoms with E-state index in [4.69, 9.17) is 9.84 Å². The molecule has 0 radical (unpaired) electrons. The molecule has 2 heterocycles. The number of nitrogens with zero attached hydrogens (tertiary/aromatic N) is 1. The van der Waals surface area contributed by atoms with E-state index in [2.05, 4.69) is 5.32 Å². The fraction of sp³-hybridized carbons (Fsp3) is 0.750. The molecule has 2 N–H and O–H groups in total. The van der Waals surface area contributed by atoms with E-state index < -0.39 is 43.2 Å². The number of hydrogen-bond donors (Lipinski definition) is 2. The highest BCUT2D eigenvalue weighted by Gasteiger charge is 2.54. The Balaban J connectivity index is 2.18. The summed E-state index contributed by atoms with van der Waals surface area (Å²) in [5.74, 6) is -3.79. The number of rotatable bonds is 0. The summed E-state index contributed by atoms with van der Waals surface area (Å²) in [5.41, 5.74) is 0. The van der Waals surface area contributed by atoms with Gasteiger partial charge in [-0.1, -0.05) is 0 Å². The highest BCUT2D eigenvalue weighted by atomic mass is 19.3. The summed E-state index contributed by atoms with van der Waals surface area (Å²) >= 11 is 0. The van der Waals surface area contributed by atoms with Crippen molar-refractivity contribution in [2.24, 2.45) is 0 Å². The highest BCUT2D eigenvalue weighted by molar-refractivity contribution is 5.78. The van der Waals surface area contributed by atoms with Gasteiger partial charge in [0.15, 0.2) is 0 Å². The molecule has 2 aliphatic rings. The van der Waals surface area contributed by atoms with Crippen LogP contribution in [0.5, 0.6) is 0 Å². The van der Waals surface area contributed by atoms with Crippen molar-refractivity contribution < 1.29 is 28.2 Å². The lowest BCUT2D eigenvalue weighted by molar-refractivity contribution is -0.196. The minimum atomic E-state index is -3.28. The van der Waals surface area contributed by atoms with Gasteiger partial charge >= 0.3 is 6.09 Å². The number of fused-ring (bicyclic) bond motifs is 1. The fourth-order valence-corrected chi connectivity index (χ4v) is 1.96. The van der Waals surface area contributed by atoms with Crippen LogP contribution in [-0.2, 0) is 9.53 Å². The minimum Gasteiger partial charge on any atom is -0.465 e. The second-order valence-corrected chi connectivity index (χ2v) is 3.83. The third-order valence-corrected chi connectivity index (χ3v) is 2.61. The first-order valence-corrected chi connectivity index (χ1v) is 4.67. The summed E-state index contributed by atoms with van der Waals surface area (Å²) in [7, 11) is 0. The molecule has 0 aromatic rings. The summed E-state index contributed by atoms with van der Waals surface area (Å²) in [4.78, 5) is 22.2. The quantitative estimate of drug-likeness (QED) is 0.594. The van der Waals surface area contributed by atoms with Gasteiger partial charge in [-0.2, -0.15) is 0 Å². The SMILES string of the molecule is O=C1CO[C@H]2[C@H](CN(C(=O)O)CC2(F)F)N1. The van der Waals surface area contributed by atoms with Crippen molar-refractivity contribution in [3.63, 3.8) is 0 Å². The third kappa shape index (κ3) is 1.80. The third-order valence-electron chi connectivity index (χ3n) is 2.61. The Bertz CT molecular complexity index is 336. The highest BCUT2D eigenvalue weighted by Crippen LogP contribution is 2.31. The van der Waals surface area contributed by atoms with Crippen molar-refractivity contribution in [3.8, 4) is 0 Å². The lowest BCUT2D eigenvalue weighted by atomic mass is 9.97. The predicted octanol–water partition coefficient (Wildman–Crippen LogP) is -0.501. The topological polar surface area (TPSA) is 78.9 Å². The first-order chi connectivity index (χ1) is 7.40. The first kappa shape index (κ1) is 11.1. The van der Waals surface area contributed by atoms with E-state index >= 15 is 0 Å². The van der Waals surface area contributed by atoms with Crippen LogP contribution in [0.4, 0.5) is 13.6 Å². The second-order valence-electron chi connectivity index (χ2n) is 3.83. The van der Waals surface area contributed by atoms with Crippen LogP contribution < -0.4 is 5.32 Å². The van der Waals surface area contributed by atoms with Gasteiger partial charge in [-0.05, 0) is 0 Å². The number of piperidine rings is 1. The van der Waals surface area contributed by atoms with Gasteiger partial charge in [-0.3, -0.25) is 4.79 Å². The number of ether oxygens (including phenoxy) is 1. The molecule has 2 saturated heterocycles. The first-order valence-electron chi connectivity index (χ1n) is 4.67. The van der Waals surface area contributed by atoms with Crippen molar-refractivity contribution in [2.75, 3.05) is 19.7 Å². The zero-order chi connectivity index (χ0) is 11.9.